The predicted molar refractivity (Wildman–Crippen MR) is 76.9 cm³/mol. The lowest BCUT2D eigenvalue weighted by molar-refractivity contribution is 0.642. The van der Waals surface area contributed by atoms with Gasteiger partial charge in [0.2, 0.25) is 0 Å². The molecule has 1 aromatic rings. The highest BCUT2D eigenvalue weighted by molar-refractivity contribution is 8.13. The summed E-state index contributed by atoms with van der Waals surface area (Å²) in [6, 6.07) is 9.13. The number of rotatable bonds is 3. The second-order valence-corrected chi connectivity index (χ2v) is 5.63. The van der Waals surface area contributed by atoms with Gasteiger partial charge in [-0.2, -0.15) is 0 Å². The number of benzene rings is 1. The average Bonchev–Trinajstić information content (AvgIpc) is 2.32. The molecule has 0 radical (unpaired) electrons. The van der Waals surface area contributed by atoms with Crippen LogP contribution in [0.1, 0.15) is 24.5 Å². The largest absolute Gasteiger partial charge is 0.362 e. The lowest BCUT2D eigenvalue weighted by atomic mass is 10.1. The Morgan fingerprint density at radius 1 is 1.41 bits per heavy atom. The highest BCUT2D eigenvalue weighted by Gasteiger charge is 2.12. The van der Waals surface area contributed by atoms with E-state index in [0.29, 0.717) is 6.04 Å². The molecule has 2 rings (SSSR count). The summed E-state index contributed by atoms with van der Waals surface area (Å²) in [6.45, 7) is 5.27. The quantitative estimate of drug-likeness (QED) is 0.889. The van der Waals surface area contributed by atoms with E-state index in [2.05, 4.69) is 48.4 Å². The number of nitrogens with zero attached hydrogens (tertiary/aromatic N) is 1. The maximum atomic E-state index is 4.64. The normalized spacial score (nSPS) is 22.5. The SMILES string of the molecule is Cc1ccccc1CCN=C1NC(C)CCS1. The van der Waals surface area contributed by atoms with Crippen molar-refractivity contribution >= 4 is 16.9 Å². The second-order valence-electron chi connectivity index (χ2n) is 4.55. The van der Waals surface area contributed by atoms with Crippen LogP contribution in [0, 0.1) is 6.92 Å². The molecule has 0 saturated carbocycles. The molecule has 1 aliphatic heterocycles. The van der Waals surface area contributed by atoms with Crippen molar-refractivity contribution in [3.8, 4) is 0 Å². The molecule has 3 heteroatoms. The average molecular weight is 248 g/mol. The van der Waals surface area contributed by atoms with Gasteiger partial charge in [0.05, 0.1) is 0 Å². The summed E-state index contributed by atoms with van der Waals surface area (Å²) in [5, 5.41) is 4.55. The predicted octanol–water partition coefficient (Wildman–Crippen LogP) is 3.01. The molecule has 1 unspecified atom stereocenters. The molecule has 1 N–H and O–H groups in total. The fourth-order valence-electron chi connectivity index (χ4n) is 1.92. The molecule has 1 atom stereocenters. The molecule has 0 aromatic heterocycles. The van der Waals surface area contributed by atoms with Crippen molar-refractivity contribution in [2.24, 2.45) is 4.99 Å². The molecule has 1 aliphatic rings. The van der Waals surface area contributed by atoms with Crippen molar-refractivity contribution in [3.63, 3.8) is 0 Å². The van der Waals surface area contributed by atoms with Crippen molar-refractivity contribution in [2.75, 3.05) is 12.3 Å². The highest BCUT2D eigenvalue weighted by atomic mass is 32.2. The molecule has 1 fully saturated rings. The topological polar surface area (TPSA) is 24.4 Å². The third-order valence-corrected chi connectivity index (χ3v) is 4.02. The Bertz CT molecular complexity index is 401. The van der Waals surface area contributed by atoms with E-state index in [4.69, 9.17) is 0 Å². The van der Waals surface area contributed by atoms with Crippen molar-refractivity contribution < 1.29 is 0 Å². The van der Waals surface area contributed by atoms with Crippen LogP contribution in [-0.2, 0) is 6.42 Å². The number of aryl methyl sites for hydroxylation is 1. The molecule has 2 nitrogen and oxygen atoms in total. The molecular weight excluding hydrogens is 228 g/mol. The summed E-state index contributed by atoms with van der Waals surface area (Å²) in [6.07, 6.45) is 2.27. The molecule has 92 valence electrons. The van der Waals surface area contributed by atoms with Crippen LogP contribution < -0.4 is 5.32 Å². The van der Waals surface area contributed by atoms with Gasteiger partial charge in [-0.1, -0.05) is 36.0 Å². The third kappa shape index (κ3) is 3.77. The lowest BCUT2D eigenvalue weighted by Gasteiger charge is -2.21. The van der Waals surface area contributed by atoms with Crippen molar-refractivity contribution in [1.29, 1.82) is 0 Å². The van der Waals surface area contributed by atoms with Crippen LogP contribution in [-0.4, -0.2) is 23.5 Å². The number of amidine groups is 1. The Morgan fingerprint density at radius 2 is 2.24 bits per heavy atom. The Kier molecular flexibility index (Phi) is 4.49. The molecule has 0 bridgehead atoms. The molecule has 0 amide bonds. The molecule has 17 heavy (non-hydrogen) atoms. The van der Waals surface area contributed by atoms with Crippen LogP contribution in [0.2, 0.25) is 0 Å². The first-order chi connectivity index (χ1) is 8.25. The molecule has 1 heterocycles. The minimum atomic E-state index is 0.577. The van der Waals surface area contributed by atoms with Gasteiger partial charge in [0.1, 0.15) is 0 Å². The van der Waals surface area contributed by atoms with Crippen molar-refractivity contribution in [2.45, 2.75) is 32.7 Å². The van der Waals surface area contributed by atoms with Gasteiger partial charge in [-0.05, 0) is 37.8 Å². The van der Waals surface area contributed by atoms with Crippen LogP contribution in [0.5, 0.6) is 0 Å². The number of thioether (sulfide) groups is 1. The van der Waals surface area contributed by atoms with E-state index >= 15 is 0 Å². The first-order valence-corrected chi connectivity index (χ1v) is 7.22. The van der Waals surface area contributed by atoms with Gasteiger partial charge in [-0.25, -0.2) is 0 Å². The number of hydrogen-bond donors (Lipinski definition) is 1. The third-order valence-electron chi connectivity index (χ3n) is 3.06. The highest BCUT2D eigenvalue weighted by Crippen LogP contribution is 2.14. The van der Waals surface area contributed by atoms with Crippen LogP contribution in [0.4, 0.5) is 0 Å². The van der Waals surface area contributed by atoms with Crippen LogP contribution in [0.15, 0.2) is 29.3 Å². The summed E-state index contributed by atoms with van der Waals surface area (Å²) in [4.78, 5) is 4.64. The smallest absolute Gasteiger partial charge is 0.156 e. The molecule has 0 spiro atoms. The van der Waals surface area contributed by atoms with Gasteiger partial charge in [0.25, 0.3) is 0 Å². The van der Waals surface area contributed by atoms with E-state index in [9.17, 15) is 0 Å². The fraction of sp³-hybridized carbons (Fsp3) is 0.500. The number of aliphatic imine (C=N–C) groups is 1. The van der Waals surface area contributed by atoms with E-state index in [1.165, 1.54) is 23.3 Å². The second kappa shape index (κ2) is 6.10. The monoisotopic (exact) mass is 248 g/mol. The van der Waals surface area contributed by atoms with E-state index in [1.54, 1.807) is 0 Å². The van der Waals surface area contributed by atoms with Crippen LogP contribution >= 0.6 is 11.8 Å². The summed E-state index contributed by atoms with van der Waals surface area (Å²) in [7, 11) is 0. The van der Waals surface area contributed by atoms with Gasteiger partial charge >= 0.3 is 0 Å². The first kappa shape index (κ1) is 12.5. The first-order valence-electron chi connectivity index (χ1n) is 6.24. The fourth-order valence-corrected chi connectivity index (χ4v) is 3.05. The van der Waals surface area contributed by atoms with Crippen LogP contribution in [0.25, 0.3) is 0 Å². The standard InChI is InChI=1S/C14H20N2S/c1-11-5-3-4-6-13(11)7-9-15-14-16-12(2)8-10-17-14/h3-6,12H,7-10H2,1-2H3,(H,15,16). The van der Waals surface area contributed by atoms with Gasteiger partial charge in [0.15, 0.2) is 5.17 Å². The maximum absolute atomic E-state index is 4.64. The van der Waals surface area contributed by atoms with E-state index in [-0.39, 0.29) is 0 Å². The Hall–Kier alpha value is -0.960. The van der Waals surface area contributed by atoms with Crippen molar-refractivity contribution in [1.82, 2.24) is 5.32 Å². The van der Waals surface area contributed by atoms with E-state index in [0.717, 1.165) is 18.1 Å². The Morgan fingerprint density at radius 3 is 3.00 bits per heavy atom. The Balaban J connectivity index is 1.86. The van der Waals surface area contributed by atoms with Gasteiger partial charge < -0.3 is 5.32 Å². The van der Waals surface area contributed by atoms with Gasteiger partial charge in [-0.15, -0.1) is 0 Å². The summed E-state index contributed by atoms with van der Waals surface area (Å²) in [5.74, 6) is 1.19. The number of hydrogen-bond acceptors (Lipinski definition) is 2. The van der Waals surface area contributed by atoms with Gasteiger partial charge in [-0.3, -0.25) is 4.99 Å². The van der Waals surface area contributed by atoms with E-state index in [1.807, 2.05) is 11.8 Å². The molecule has 1 aromatic carbocycles. The zero-order chi connectivity index (χ0) is 12.1. The molecular formula is C14H20N2S. The maximum Gasteiger partial charge on any atom is 0.156 e. The Labute approximate surface area is 108 Å². The van der Waals surface area contributed by atoms with Gasteiger partial charge in [0, 0.05) is 18.3 Å². The molecule has 0 aliphatic carbocycles. The molecule has 1 saturated heterocycles. The minimum Gasteiger partial charge on any atom is -0.362 e. The lowest BCUT2D eigenvalue weighted by Crippen LogP contribution is -2.35. The summed E-state index contributed by atoms with van der Waals surface area (Å²) in [5.41, 5.74) is 2.77. The zero-order valence-corrected chi connectivity index (χ0v) is 11.4. The minimum absolute atomic E-state index is 0.577. The zero-order valence-electron chi connectivity index (χ0n) is 10.6. The summed E-state index contributed by atoms with van der Waals surface area (Å²) < 4.78 is 0. The van der Waals surface area contributed by atoms with E-state index < -0.39 is 0 Å². The summed E-state index contributed by atoms with van der Waals surface area (Å²) >= 11 is 1.85. The van der Waals surface area contributed by atoms with Crippen LogP contribution in [0.3, 0.4) is 0 Å². The van der Waals surface area contributed by atoms with Crippen molar-refractivity contribution in [3.05, 3.63) is 35.4 Å². The number of nitrogens with one attached hydrogen (secondary N) is 1.